The van der Waals surface area contributed by atoms with Gasteiger partial charge in [0.25, 0.3) is 5.56 Å². The molecule has 182 valence electrons. The van der Waals surface area contributed by atoms with E-state index in [2.05, 4.69) is 16.0 Å². The fraction of sp³-hybridized carbons (Fsp3) is 0.423. The standard InChI is InChI=1S/C26H27ClFN5O2/c1-31(25-19(14-29)26(35)32(2)21-11-12-23(27)30-24(21)25)16-4-6-17(7-5-16)33(18-8-9-18)20-10-3-15(28)13-22(20)34/h3,10-13,16-18,34H,4-9H2,1-2H3. The fourth-order valence-corrected chi connectivity index (χ4v) is 5.63. The average molecular weight is 496 g/mol. The summed E-state index contributed by atoms with van der Waals surface area (Å²) in [4.78, 5) is 21.7. The molecule has 35 heavy (non-hydrogen) atoms. The van der Waals surface area contributed by atoms with Crippen LogP contribution in [0.25, 0.3) is 11.0 Å². The number of hydrogen-bond acceptors (Lipinski definition) is 6. The van der Waals surface area contributed by atoms with Gasteiger partial charge in [-0.25, -0.2) is 9.37 Å². The van der Waals surface area contributed by atoms with Crippen molar-refractivity contribution < 1.29 is 9.50 Å². The van der Waals surface area contributed by atoms with E-state index in [1.165, 1.54) is 16.7 Å². The number of hydrogen-bond donors (Lipinski definition) is 1. The van der Waals surface area contributed by atoms with Crippen molar-refractivity contribution >= 4 is 34.0 Å². The van der Waals surface area contributed by atoms with Crippen LogP contribution in [0.3, 0.4) is 0 Å². The van der Waals surface area contributed by atoms with E-state index < -0.39 is 5.82 Å². The van der Waals surface area contributed by atoms with E-state index in [-0.39, 0.29) is 29.0 Å². The zero-order chi connectivity index (χ0) is 24.9. The lowest BCUT2D eigenvalue weighted by molar-refractivity contribution is 0.362. The highest BCUT2D eigenvalue weighted by molar-refractivity contribution is 6.29. The summed E-state index contributed by atoms with van der Waals surface area (Å²) < 4.78 is 15.0. The maximum Gasteiger partial charge on any atom is 0.270 e. The Morgan fingerprint density at radius 2 is 1.74 bits per heavy atom. The summed E-state index contributed by atoms with van der Waals surface area (Å²) in [5.41, 5.74) is 2.08. The van der Waals surface area contributed by atoms with Crippen LogP contribution in [0, 0.1) is 17.1 Å². The number of anilines is 2. The second kappa shape index (κ2) is 9.04. The number of phenols is 1. The number of aryl methyl sites for hydroxylation is 1. The fourth-order valence-electron chi connectivity index (χ4n) is 5.48. The quantitative estimate of drug-likeness (QED) is 0.515. The van der Waals surface area contributed by atoms with Crippen molar-refractivity contribution in [1.29, 1.82) is 5.26 Å². The van der Waals surface area contributed by atoms with Gasteiger partial charge in [0.1, 0.15) is 33.9 Å². The van der Waals surface area contributed by atoms with Crippen molar-refractivity contribution in [2.24, 2.45) is 7.05 Å². The monoisotopic (exact) mass is 495 g/mol. The van der Waals surface area contributed by atoms with E-state index in [0.29, 0.717) is 33.6 Å². The van der Waals surface area contributed by atoms with Crippen LogP contribution in [0.1, 0.15) is 44.1 Å². The third-order valence-corrected chi connectivity index (χ3v) is 7.62. The van der Waals surface area contributed by atoms with Gasteiger partial charge in [-0.1, -0.05) is 11.6 Å². The normalized spacial score (nSPS) is 20.0. The lowest BCUT2D eigenvalue weighted by atomic mass is 9.88. The first-order valence-corrected chi connectivity index (χ1v) is 12.3. The lowest BCUT2D eigenvalue weighted by Crippen LogP contribution is -2.45. The molecule has 1 N–H and O–H groups in total. The molecule has 0 saturated heterocycles. The number of phenolic OH excluding ortho intramolecular Hbond substituents is 1. The second-order valence-corrected chi connectivity index (χ2v) is 9.93. The number of rotatable bonds is 5. The van der Waals surface area contributed by atoms with E-state index in [4.69, 9.17) is 11.6 Å². The van der Waals surface area contributed by atoms with Crippen LogP contribution in [0.5, 0.6) is 5.75 Å². The van der Waals surface area contributed by atoms with Crippen LogP contribution >= 0.6 is 11.6 Å². The number of pyridine rings is 2. The van der Waals surface area contributed by atoms with Gasteiger partial charge in [-0.2, -0.15) is 5.26 Å². The van der Waals surface area contributed by atoms with Gasteiger partial charge in [-0.05, 0) is 62.8 Å². The molecule has 0 atom stereocenters. The number of nitrogens with zero attached hydrogens (tertiary/aromatic N) is 5. The summed E-state index contributed by atoms with van der Waals surface area (Å²) in [6, 6.07) is 10.4. The molecule has 1 aromatic carbocycles. The van der Waals surface area contributed by atoms with Crippen molar-refractivity contribution in [2.75, 3.05) is 16.8 Å². The number of aromatic nitrogens is 2. The van der Waals surface area contributed by atoms with Gasteiger partial charge in [0.15, 0.2) is 0 Å². The van der Waals surface area contributed by atoms with Crippen molar-refractivity contribution in [1.82, 2.24) is 9.55 Å². The Kier molecular flexibility index (Phi) is 6.06. The molecule has 3 aromatic rings. The third kappa shape index (κ3) is 4.19. The first-order chi connectivity index (χ1) is 16.8. The minimum atomic E-state index is -0.449. The Bertz CT molecular complexity index is 1390. The summed E-state index contributed by atoms with van der Waals surface area (Å²) in [5.74, 6) is -0.472. The largest absolute Gasteiger partial charge is 0.506 e. The van der Waals surface area contributed by atoms with Crippen LogP contribution in [0.4, 0.5) is 15.8 Å². The summed E-state index contributed by atoms with van der Waals surface area (Å²) in [5, 5.41) is 20.6. The molecule has 0 radical (unpaired) electrons. The smallest absolute Gasteiger partial charge is 0.270 e. The molecule has 0 bridgehead atoms. The number of fused-ring (bicyclic) bond motifs is 1. The second-order valence-electron chi connectivity index (χ2n) is 9.55. The summed E-state index contributed by atoms with van der Waals surface area (Å²) >= 11 is 6.19. The molecule has 9 heteroatoms. The highest BCUT2D eigenvalue weighted by atomic mass is 35.5. The van der Waals surface area contributed by atoms with E-state index in [1.54, 1.807) is 25.2 Å². The summed E-state index contributed by atoms with van der Waals surface area (Å²) in [6.07, 6.45) is 5.56. The average Bonchev–Trinajstić information content (AvgIpc) is 3.68. The maximum absolute atomic E-state index is 13.6. The first kappa shape index (κ1) is 23.4. The van der Waals surface area contributed by atoms with E-state index in [1.807, 2.05) is 11.9 Å². The van der Waals surface area contributed by atoms with Gasteiger partial charge in [0.05, 0.1) is 16.9 Å². The summed E-state index contributed by atoms with van der Waals surface area (Å²) in [6.45, 7) is 0. The van der Waals surface area contributed by atoms with Crippen molar-refractivity contribution in [2.45, 2.75) is 56.7 Å². The van der Waals surface area contributed by atoms with E-state index >= 15 is 0 Å². The van der Waals surface area contributed by atoms with Crippen LogP contribution in [0.15, 0.2) is 35.1 Å². The minimum absolute atomic E-state index is 0.0237. The Balaban J connectivity index is 1.43. The SMILES string of the molecule is CN(c1c(C#N)c(=O)n(C)c2ccc(Cl)nc12)C1CCC(N(c2ccc(F)cc2O)C2CC2)CC1. The number of halogens is 2. The molecular weight excluding hydrogens is 469 g/mol. The topological polar surface area (TPSA) is 85.4 Å². The zero-order valence-corrected chi connectivity index (χ0v) is 20.5. The number of aromatic hydroxyl groups is 1. The van der Waals surface area contributed by atoms with Gasteiger partial charge in [-0.15, -0.1) is 0 Å². The Hall–Kier alpha value is -3.31. The minimum Gasteiger partial charge on any atom is -0.506 e. The third-order valence-electron chi connectivity index (χ3n) is 7.41. The van der Waals surface area contributed by atoms with Crippen LogP contribution in [-0.2, 0) is 7.05 Å². The highest BCUT2D eigenvalue weighted by Crippen LogP contribution is 2.42. The zero-order valence-electron chi connectivity index (χ0n) is 19.7. The molecule has 2 saturated carbocycles. The van der Waals surface area contributed by atoms with Crippen LogP contribution in [-0.4, -0.2) is 39.8 Å². The van der Waals surface area contributed by atoms with Crippen molar-refractivity contribution in [3.8, 4) is 11.8 Å². The van der Waals surface area contributed by atoms with Crippen LogP contribution in [0.2, 0.25) is 5.15 Å². The Morgan fingerprint density at radius 1 is 1.11 bits per heavy atom. The molecule has 0 aliphatic heterocycles. The molecule has 2 aliphatic rings. The van der Waals surface area contributed by atoms with Crippen LogP contribution < -0.4 is 15.4 Å². The molecular formula is C26H27ClFN5O2. The summed E-state index contributed by atoms with van der Waals surface area (Å²) in [7, 11) is 3.54. The van der Waals surface area contributed by atoms with Gasteiger partial charge in [-0.3, -0.25) is 4.79 Å². The first-order valence-electron chi connectivity index (χ1n) is 11.9. The molecule has 0 amide bonds. The predicted molar refractivity (Wildman–Crippen MR) is 135 cm³/mol. The van der Waals surface area contributed by atoms with Gasteiger partial charge in [0, 0.05) is 38.3 Å². The number of nitriles is 1. The highest BCUT2D eigenvalue weighted by Gasteiger charge is 2.38. The molecule has 2 fully saturated rings. The Morgan fingerprint density at radius 3 is 2.34 bits per heavy atom. The van der Waals surface area contributed by atoms with Gasteiger partial charge < -0.3 is 19.5 Å². The van der Waals surface area contributed by atoms with Crippen molar-refractivity contribution in [3.63, 3.8) is 0 Å². The predicted octanol–water partition coefficient (Wildman–Crippen LogP) is 4.72. The Labute approximate surface area is 208 Å². The van der Waals surface area contributed by atoms with Gasteiger partial charge >= 0.3 is 0 Å². The molecule has 2 aliphatic carbocycles. The molecule has 2 heterocycles. The maximum atomic E-state index is 13.6. The molecule has 7 nitrogen and oxygen atoms in total. The number of benzene rings is 1. The van der Waals surface area contributed by atoms with Crippen molar-refractivity contribution in [3.05, 3.63) is 57.2 Å². The van der Waals surface area contributed by atoms with Gasteiger partial charge in [0.2, 0.25) is 0 Å². The molecule has 0 spiro atoms. The molecule has 0 unspecified atom stereocenters. The van der Waals surface area contributed by atoms with E-state index in [0.717, 1.165) is 38.5 Å². The molecule has 5 rings (SSSR count). The molecule has 2 aromatic heterocycles. The lowest BCUT2D eigenvalue weighted by Gasteiger charge is -2.42. The van der Waals surface area contributed by atoms with E-state index in [9.17, 15) is 19.6 Å².